The number of esters is 1. The maximum atomic E-state index is 11.9. The highest BCUT2D eigenvalue weighted by Crippen LogP contribution is 2.41. The van der Waals surface area contributed by atoms with E-state index in [0.29, 0.717) is 29.0 Å². The molecule has 2 aromatic rings. The molecule has 0 spiro atoms. The lowest BCUT2D eigenvalue weighted by atomic mass is 9.97. The normalized spacial score (nSPS) is 10.2. The first-order valence-corrected chi connectivity index (χ1v) is 6.73. The molecule has 0 aliphatic rings. The van der Waals surface area contributed by atoms with Crippen LogP contribution in [0.3, 0.4) is 0 Å². The van der Waals surface area contributed by atoms with E-state index in [1.165, 1.54) is 7.11 Å². The molecule has 0 unspecified atom stereocenters. The van der Waals surface area contributed by atoms with Crippen molar-refractivity contribution in [2.75, 3.05) is 13.7 Å². The molecule has 2 aromatic carbocycles. The Morgan fingerprint density at radius 2 is 1.90 bits per heavy atom. The fraction of sp³-hybridized carbons (Fsp3) is 0.235. The molecule has 110 valence electrons. The summed E-state index contributed by atoms with van der Waals surface area (Å²) in [5.41, 5.74) is 2.31. The van der Waals surface area contributed by atoms with Crippen LogP contribution in [0.25, 0.3) is 11.1 Å². The van der Waals surface area contributed by atoms with Crippen LogP contribution < -0.4 is 4.74 Å². The Kier molecular flexibility index (Phi) is 4.48. The van der Waals surface area contributed by atoms with E-state index in [1.54, 1.807) is 13.0 Å². The zero-order valence-electron chi connectivity index (χ0n) is 12.3. The van der Waals surface area contributed by atoms with E-state index >= 15 is 0 Å². The van der Waals surface area contributed by atoms with Crippen molar-refractivity contribution in [1.82, 2.24) is 0 Å². The average molecular weight is 286 g/mol. The Morgan fingerprint density at radius 1 is 1.24 bits per heavy atom. The Morgan fingerprint density at radius 3 is 2.48 bits per heavy atom. The van der Waals surface area contributed by atoms with Crippen LogP contribution in [0, 0.1) is 6.92 Å². The standard InChI is InChI=1S/C17H18O4/c1-4-21-16-14(12-8-6-5-7-9-12)10-13(17(19)20-3)11(2)15(16)18/h5-10,18H,4H2,1-3H3. The average Bonchev–Trinajstić information content (AvgIpc) is 2.52. The van der Waals surface area contributed by atoms with E-state index in [-0.39, 0.29) is 5.75 Å². The van der Waals surface area contributed by atoms with Gasteiger partial charge < -0.3 is 14.6 Å². The zero-order chi connectivity index (χ0) is 15.4. The van der Waals surface area contributed by atoms with Gasteiger partial charge in [0.2, 0.25) is 0 Å². The van der Waals surface area contributed by atoms with Crippen LogP contribution in [0.15, 0.2) is 36.4 Å². The molecule has 0 heterocycles. The molecule has 21 heavy (non-hydrogen) atoms. The van der Waals surface area contributed by atoms with Crippen LogP contribution in [0.1, 0.15) is 22.8 Å². The lowest BCUT2D eigenvalue weighted by Gasteiger charge is -2.16. The molecule has 4 nitrogen and oxygen atoms in total. The van der Waals surface area contributed by atoms with Crippen LogP contribution in [0.5, 0.6) is 11.5 Å². The summed E-state index contributed by atoms with van der Waals surface area (Å²) in [7, 11) is 1.32. The molecular weight excluding hydrogens is 268 g/mol. The van der Waals surface area contributed by atoms with Gasteiger partial charge in [-0.05, 0) is 25.5 Å². The Bertz CT molecular complexity index is 648. The summed E-state index contributed by atoms with van der Waals surface area (Å²) in [6.07, 6.45) is 0. The number of aromatic hydroxyl groups is 1. The molecule has 0 aromatic heterocycles. The minimum Gasteiger partial charge on any atom is -0.504 e. The third kappa shape index (κ3) is 2.84. The summed E-state index contributed by atoms with van der Waals surface area (Å²) in [6, 6.07) is 11.2. The fourth-order valence-electron chi connectivity index (χ4n) is 2.19. The number of phenolic OH excluding ortho intramolecular Hbond substituents is 1. The predicted molar refractivity (Wildman–Crippen MR) is 80.8 cm³/mol. The third-order valence-electron chi connectivity index (χ3n) is 3.29. The molecule has 0 radical (unpaired) electrons. The van der Waals surface area contributed by atoms with Gasteiger partial charge in [0.1, 0.15) is 0 Å². The summed E-state index contributed by atoms with van der Waals surface area (Å²) < 4.78 is 10.3. The third-order valence-corrected chi connectivity index (χ3v) is 3.29. The van der Waals surface area contributed by atoms with E-state index in [2.05, 4.69) is 0 Å². The highest BCUT2D eigenvalue weighted by molar-refractivity contribution is 5.95. The highest BCUT2D eigenvalue weighted by atomic mass is 16.5. The summed E-state index contributed by atoms with van der Waals surface area (Å²) in [5.74, 6) is -0.129. The second-order valence-electron chi connectivity index (χ2n) is 4.57. The summed E-state index contributed by atoms with van der Waals surface area (Å²) in [4.78, 5) is 11.9. The van der Waals surface area contributed by atoms with Gasteiger partial charge in [0.25, 0.3) is 0 Å². The highest BCUT2D eigenvalue weighted by Gasteiger charge is 2.21. The molecule has 0 saturated heterocycles. The monoisotopic (exact) mass is 286 g/mol. The van der Waals surface area contributed by atoms with Gasteiger partial charge in [-0.2, -0.15) is 0 Å². The van der Waals surface area contributed by atoms with Crippen LogP contribution in [0.4, 0.5) is 0 Å². The zero-order valence-corrected chi connectivity index (χ0v) is 12.3. The smallest absolute Gasteiger partial charge is 0.338 e. The van der Waals surface area contributed by atoms with Gasteiger partial charge in [-0.15, -0.1) is 0 Å². The van der Waals surface area contributed by atoms with Crippen molar-refractivity contribution in [3.05, 3.63) is 47.5 Å². The van der Waals surface area contributed by atoms with Crippen LogP contribution >= 0.6 is 0 Å². The van der Waals surface area contributed by atoms with Gasteiger partial charge in [-0.3, -0.25) is 0 Å². The number of ether oxygens (including phenoxy) is 2. The molecule has 0 atom stereocenters. The van der Waals surface area contributed by atoms with Gasteiger partial charge in [-0.1, -0.05) is 30.3 Å². The molecule has 4 heteroatoms. The second kappa shape index (κ2) is 6.31. The quantitative estimate of drug-likeness (QED) is 0.873. The number of hydrogen-bond donors (Lipinski definition) is 1. The minimum atomic E-state index is -0.483. The Balaban J connectivity index is 2.71. The molecule has 0 fully saturated rings. The van der Waals surface area contributed by atoms with Gasteiger partial charge in [0.15, 0.2) is 11.5 Å². The van der Waals surface area contributed by atoms with Crippen molar-refractivity contribution < 1.29 is 19.4 Å². The number of rotatable bonds is 4. The van der Waals surface area contributed by atoms with Gasteiger partial charge in [0.05, 0.1) is 19.3 Å². The van der Waals surface area contributed by atoms with Crippen molar-refractivity contribution in [2.45, 2.75) is 13.8 Å². The summed E-state index contributed by atoms with van der Waals surface area (Å²) >= 11 is 0. The second-order valence-corrected chi connectivity index (χ2v) is 4.57. The molecule has 0 aliphatic carbocycles. The van der Waals surface area contributed by atoms with Crippen molar-refractivity contribution in [3.63, 3.8) is 0 Å². The molecule has 0 saturated carbocycles. The van der Waals surface area contributed by atoms with E-state index < -0.39 is 5.97 Å². The number of phenols is 1. The predicted octanol–water partition coefficient (Wildman–Crippen LogP) is 3.55. The van der Waals surface area contributed by atoms with Crippen molar-refractivity contribution in [3.8, 4) is 22.6 Å². The van der Waals surface area contributed by atoms with Crippen LogP contribution in [-0.4, -0.2) is 24.8 Å². The number of hydrogen-bond acceptors (Lipinski definition) is 4. The summed E-state index contributed by atoms with van der Waals surface area (Å²) in [5, 5.41) is 10.4. The first kappa shape index (κ1) is 14.9. The van der Waals surface area contributed by atoms with Gasteiger partial charge >= 0.3 is 5.97 Å². The van der Waals surface area contributed by atoms with E-state index in [4.69, 9.17) is 9.47 Å². The molecule has 0 aliphatic heterocycles. The van der Waals surface area contributed by atoms with Crippen molar-refractivity contribution in [1.29, 1.82) is 0 Å². The maximum Gasteiger partial charge on any atom is 0.338 e. The Labute approximate surface area is 123 Å². The minimum absolute atomic E-state index is 0.0291. The van der Waals surface area contributed by atoms with Crippen LogP contribution in [-0.2, 0) is 4.74 Å². The number of methoxy groups -OCH3 is 1. The van der Waals surface area contributed by atoms with E-state index in [0.717, 1.165) is 5.56 Å². The first-order chi connectivity index (χ1) is 10.1. The number of carbonyl (C=O) groups excluding carboxylic acids is 1. The fourth-order valence-corrected chi connectivity index (χ4v) is 2.19. The lowest BCUT2D eigenvalue weighted by molar-refractivity contribution is 0.0599. The summed E-state index contributed by atoms with van der Waals surface area (Å²) in [6.45, 7) is 3.93. The number of carbonyl (C=O) groups is 1. The van der Waals surface area contributed by atoms with E-state index in [1.807, 2.05) is 37.3 Å². The topological polar surface area (TPSA) is 55.8 Å². The van der Waals surface area contributed by atoms with Gasteiger partial charge in [-0.25, -0.2) is 4.79 Å². The van der Waals surface area contributed by atoms with E-state index in [9.17, 15) is 9.90 Å². The Hall–Kier alpha value is -2.49. The first-order valence-electron chi connectivity index (χ1n) is 6.73. The SMILES string of the molecule is CCOc1c(-c2ccccc2)cc(C(=O)OC)c(C)c1O. The largest absolute Gasteiger partial charge is 0.504 e. The molecule has 1 N–H and O–H groups in total. The van der Waals surface area contributed by atoms with Gasteiger partial charge in [0, 0.05) is 11.1 Å². The maximum absolute atomic E-state index is 11.9. The molecule has 0 bridgehead atoms. The number of benzene rings is 2. The van der Waals surface area contributed by atoms with Crippen molar-refractivity contribution in [2.24, 2.45) is 0 Å². The van der Waals surface area contributed by atoms with Crippen LogP contribution in [0.2, 0.25) is 0 Å². The molecule has 0 amide bonds. The lowest BCUT2D eigenvalue weighted by Crippen LogP contribution is -2.06. The molecular formula is C17H18O4. The molecule has 2 rings (SSSR count). The van der Waals surface area contributed by atoms with Crippen molar-refractivity contribution >= 4 is 5.97 Å².